The van der Waals surface area contributed by atoms with Gasteiger partial charge in [-0.25, -0.2) is 0 Å². The molecule has 4 heteroatoms. The van der Waals surface area contributed by atoms with Gasteiger partial charge in [-0.15, -0.1) is 0 Å². The van der Waals surface area contributed by atoms with Gasteiger partial charge in [-0.2, -0.15) is 0 Å². The van der Waals surface area contributed by atoms with Crippen LogP contribution in [0.25, 0.3) is 0 Å². The maximum atomic E-state index is 11.4. The summed E-state index contributed by atoms with van der Waals surface area (Å²) >= 11 is 0. The molecule has 0 aromatic heterocycles. The van der Waals surface area contributed by atoms with E-state index >= 15 is 0 Å². The molecule has 98 valence electrons. The number of esters is 1. The first-order valence-electron chi connectivity index (χ1n) is 6.18. The van der Waals surface area contributed by atoms with E-state index in [4.69, 9.17) is 4.74 Å². The molecule has 1 aliphatic carbocycles. The van der Waals surface area contributed by atoms with E-state index in [1.165, 1.54) is 6.42 Å². The summed E-state index contributed by atoms with van der Waals surface area (Å²) in [6.07, 6.45) is 5.80. The molecule has 1 fully saturated rings. The van der Waals surface area contributed by atoms with Gasteiger partial charge in [0.1, 0.15) is 12.1 Å². The lowest BCUT2D eigenvalue weighted by molar-refractivity contribution is -0.152. The zero-order valence-electron chi connectivity index (χ0n) is 11.0. The van der Waals surface area contributed by atoms with Gasteiger partial charge in [-0.05, 0) is 45.4 Å². The highest BCUT2D eigenvalue weighted by Gasteiger charge is 2.35. The molecule has 1 aliphatic rings. The molecule has 1 N–H and O–H groups in total. The lowest BCUT2D eigenvalue weighted by Crippen LogP contribution is -2.33. The molecule has 0 unspecified atom stereocenters. The molecule has 4 nitrogen and oxygen atoms in total. The first-order valence-corrected chi connectivity index (χ1v) is 6.18. The van der Waals surface area contributed by atoms with Crippen LogP contribution in [0.3, 0.4) is 0 Å². The third-order valence-corrected chi connectivity index (χ3v) is 3.04. The third kappa shape index (κ3) is 4.86. The SMILES string of the molecule is CC(C)(C)OC(=O)CN=CCC1(CO)CCC1. The topological polar surface area (TPSA) is 58.9 Å². The van der Waals surface area contributed by atoms with Crippen LogP contribution in [0.1, 0.15) is 46.5 Å². The lowest BCUT2D eigenvalue weighted by atomic mass is 9.67. The molecule has 0 aliphatic heterocycles. The number of rotatable bonds is 5. The van der Waals surface area contributed by atoms with Crippen molar-refractivity contribution in [3.63, 3.8) is 0 Å². The monoisotopic (exact) mass is 241 g/mol. The van der Waals surface area contributed by atoms with Crippen molar-refractivity contribution in [2.75, 3.05) is 13.2 Å². The fraction of sp³-hybridized carbons (Fsp3) is 0.846. The van der Waals surface area contributed by atoms with Crippen molar-refractivity contribution < 1.29 is 14.6 Å². The highest BCUT2D eigenvalue weighted by molar-refractivity contribution is 5.74. The molecule has 0 saturated heterocycles. The molecule has 0 heterocycles. The van der Waals surface area contributed by atoms with Crippen molar-refractivity contribution in [2.24, 2.45) is 10.4 Å². The summed E-state index contributed by atoms with van der Waals surface area (Å²) in [5.74, 6) is -0.305. The van der Waals surface area contributed by atoms with E-state index in [0.717, 1.165) is 19.3 Å². The van der Waals surface area contributed by atoms with Gasteiger partial charge < -0.3 is 9.84 Å². The van der Waals surface area contributed by atoms with Gasteiger partial charge in [-0.1, -0.05) is 6.42 Å². The van der Waals surface area contributed by atoms with Crippen molar-refractivity contribution in [3.05, 3.63) is 0 Å². The van der Waals surface area contributed by atoms with E-state index in [0.29, 0.717) is 0 Å². The first-order chi connectivity index (χ1) is 7.87. The summed E-state index contributed by atoms with van der Waals surface area (Å²) in [6, 6.07) is 0. The van der Waals surface area contributed by atoms with Crippen LogP contribution < -0.4 is 0 Å². The highest BCUT2D eigenvalue weighted by Crippen LogP contribution is 2.42. The quantitative estimate of drug-likeness (QED) is 0.591. The normalized spacial score (nSPS) is 19.1. The number of nitrogens with zero attached hydrogens (tertiary/aromatic N) is 1. The molecule has 1 rings (SSSR count). The summed E-state index contributed by atoms with van der Waals surface area (Å²) in [6.45, 7) is 5.79. The van der Waals surface area contributed by atoms with Crippen LogP contribution in [0, 0.1) is 5.41 Å². The summed E-state index contributed by atoms with van der Waals surface area (Å²) in [7, 11) is 0. The van der Waals surface area contributed by atoms with Crippen LogP contribution in [-0.4, -0.2) is 36.0 Å². The Hall–Kier alpha value is -0.900. The average Bonchev–Trinajstić information content (AvgIpc) is 2.13. The average molecular weight is 241 g/mol. The number of hydrogen-bond donors (Lipinski definition) is 1. The van der Waals surface area contributed by atoms with Crippen LogP contribution in [0.5, 0.6) is 0 Å². The number of hydrogen-bond acceptors (Lipinski definition) is 4. The van der Waals surface area contributed by atoms with Crippen LogP contribution in [0.15, 0.2) is 4.99 Å². The molecular weight excluding hydrogens is 218 g/mol. The number of carbonyl (C=O) groups excluding carboxylic acids is 1. The Balaban J connectivity index is 2.24. The molecule has 17 heavy (non-hydrogen) atoms. The van der Waals surface area contributed by atoms with Crippen molar-refractivity contribution in [2.45, 2.75) is 52.1 Å². The van der Waals surface area contributed by atoms with Gasteiger partial charge in [0.05, 0.1) is 0 Å². The predicted molar refractivity (Wildman–Crippen MR) is 67.2 cm³/mol. The Labute approximate surface area is 103 Å². The molecule has 0 radical (unpaired) electrons. The number of aliphatic hydroxyl groups excluding tert-OH is 1. The largest absolute Gasteiger partial charge is 0.459 e. The Kier molecular flexibility index (Phi) is 4.69. The molecular formula is C13H23NO3. The second-order valence-corrected chi connectivity index (χ2v) is 5.83. The van der Waals surface area contributed by atoms with Crippen molar-refractivity contribution in [1.82, 2.24) is 0 Å². The number of ether oxygens (including phenoxy) is 1. The molecule has 0 atom stereocenters. The van der Waals surface area contributed by atoms with Gasteiger partial charge in [0.15, 0.2) is 0 Å². The fourth-order valence-electron chi connectivity index (χ4n) is 1.87. The number of carbonyl (C=O) groups is 1. The van der Waals surface area contributed by atoms with Gasteiger partial charge in [0.2, 0.25) is 0 Å². The Morgan fingerprint density at radius 2 is 2.12 bits per heavy atom. The third-order valence-electron chi connectivity index (χ3n) is 3.04. The Morgan fingerprint density at radius 3 is 2.53 bits per heavy atom. The highest BCUT2D eigenvalue weighted by atomic mass is 16.6. The molecule has 0 spiro atoms. The van der Waals surface area contributed by atoms with E-state index in [9.17, 15) is 9.90 Å². The maximum Gasteiger partial charge on any atom is 0.328 e. The Morgan fingerprint density at radius 1 is 1.47 bits per heavy atom. The van der Waals surface area contributed by atoms with E-state index in [1.54, 1.807) is 6.21 Å². The zero-order valence-corrected chi connectivity index (χ0v) is 11.0. The van der Waals surface area contributed by atoms with Gasteiger partial charge in [-0.3, -0.25) is 9.79 Å². The van der Waals surface area contributed by atoms with E-state index in [-0.39, 0.29) is 24.5 Å². The molecule has 0 amide bonds. The van der Waals surface area contributed by atoms with Crippen molar-refractivity contribution in [1.29, 1.82) is 0 Å². The standard InChI is InChI=1S/C13H23NO3/c1-12(2,3)17-11(16)9-14-8-7-13(10-15)5-4-6-13/h8,15H,4-7,9-10H2,1-3H3. The maximum absolute atomic E-state index is 11.4. The Bertz CT molecular complexity index is 282. The van der Waals surface area contributed by atoms with Gasteiger partial charge >= 0.3 is 5.97 Å². The minimum Gasteiger partial charge on any atom is -0.459 e. The van der Waals surface area contributed by atoms with E-state index in [2.05, 4.69) is 4.99 Å². The summed E-state index contributed by atoms with van der Waals surface area (Å²) < 4.78 is 5.13. The van der Waals surface area contributed by atoms with Crippen LogP contribution in [0.4, 0.5) is 0 Å². The smallest absolute Gasteiger partial charge is 0.328 e. The first kappa shape index (κ1) is 14.2. The minimum absolute atomic E-state index is 0.0391. The number of aliphatic hydroxyl groups is 1. The van der Waals surface area contributed by atoms with Crippen LogP contribution in [0.2, 0.25) is 0 Å². The summed E-state index contributed by atoms with van der Waals surface area (Å²) in [5, 5.41) is 9.24. The second-order valence-electron chi connectivity index (χ2n) is 5.83. The molecule has 0 aromatic carbocycles. The minimum atomic E-state index is -0.451. The zero-order chi connectivity index (χ0) is 12.9. The van der Waals surface area contributed by atoms with Crippen LogP contribution >= 0.6 is 0 Å². The van der Waals surface area contributed by atoms with Crippen molar-refractivity contribution in [3.8, 4) is 0 Å². The summed E-state index contributed by atoms with van der Waals surface area (Å²) in [5.41, 5.74) is -0.412. The van der Waals surface area contributed by atoms with E-state index < -0.39 is 5.60 Å². The fourth-order valence-corrected chi connectivity index (χ4v) is 1.87. The number of aliphatic imine (C=N–C) groups is 1. The van der Waals surface area contributed by atoms with Gasteiger partial charge in [0.25, 0.3) is 0 Å². The molecule has 0 bridgehead atoms. The van der Waals surface area contributed by atoms with E-state index in [1.807, 2.05) is 20.8 Å². The molecule has 1 saturated carbocycles. The van der Waals surface area contributed by atoms with Crippen molar-refractivity contribution >= 4 is 12.2 Å². The predicted octanol–water partition coefficient (Wildman–Crippen LogP) is 1.95. The lowest BCUT2D eigenvalue weighted by Gasteiger charge is -2.39. The van der Waals surface area contributed by atoms with Crippen LogP contribution in [-0.2, 0) is 9.53 Å². The van der Waals surface area contributed by atoms with Gasteiger partial charge in [0, 0.05) is 12.8 Å². The summed E-state index contributed by atoms with van der Waals surface area (Å²) in [4.78, 5) is 15.4. The second kappa shape index (κ2) is 5.63. The molecule has 0 aromatic rings.